The van der Waals surface area contributed by atoms with Crippen molar-refractivity contribution in [2.75, 3.05) is 23.3 Å². The van der Waals surface area contributed by atoms with Gasteiger partial charge in [0.2, 0.25) is 5.91 Å². The number of nitrogens with zero attached hydrogens (tertiary/aromatic N) is 2. The smallest absolute Gasteiger partial charge is 0.282 e. The van der Waals surface area contributed by atoms with Crippen molar-refractivity contribution in [1.29, 1.82) is 0 Å². The molecular formula is C25H27N3O3. The maximum atomic E-state index is 13.6. The lowest BCUT2D eigenvalue weighted by Crippen LogP contribution is -2.37. The molecule has 4 rings (SSSR count). The Labute approximate surface area is 182 Å². The molecule has 1 saturated heterocycles. The van der Waals surface area contributed by atoms with E-state index in [9.17, 15) is 14.4 Å². The van der Waals surface area contributed by atoms with Crippen molar-refractivity contribution < 1.29 is 14.4 Å². The van der Waals surface area contributed by atoms with Crippen LogP contribution >= 0.6 is 0 Å². The third kappa shape index (κ3) is 3.98. The quantitative estimate of drug-likeness (QED) is 0.763. The lowest BCUT2D eigenvalue weighted by atomic mass is 9.97. The van der Waals surface area contributed by atoms with E-state index in [4.69, 9.17) is 0 Å². The summed E-state index contributed by atoms with van der Waals surface area (Å²) in [4.78, 5) is 41.8. The summed E-state index contributed by atoms with van der Waals surface area (Å²) in [5, 5.41) is 2.71. The molecular weight excluding hydrogens is 390 g/mol. The summed E-state index contributed by atoms with van der Waals surface area (Å²) in [5.74, 6) is -0.758. The summed E-state index contributed by atoms with van der Waals surface area (Å²) in [5.41, 5.74) is 5.00. The number of amides is 3. The van der Waals surface area contributed by atoms with Crippen LogP contribution in [0.25, 0.3) is 5.57 Å². The molecule has 0 atom stereocenters. The van der Waals surface area contributed by atoms with Crippen LogP contribution < -0.4 is 10.2 Å². The van der Waals surface area contributed by atoms with E-state index in [1.807, 2.05) is 32.0 Å². The SMILES string of the molecule is CC(=O)Nc1ccc(N2C(=O)C(c3ccc(C)cc3C)=C(N3CCCCC3)C2=O)cc1. The van der Waals surface area contributed by atoms with Gasteiger partial charge in [0, 0.05) is 25.7 Å². The normalized spacial score (nSPS) is 16.9. The highest BCUT2D eigenvalue weighted by Crippen LogP contribution is 2.37. The highest BCUT2D eigenvalue weighted by Gasteiger charge is 2.43. The molecule has 160 valence electrons. The van der Waals surface area contributed by atoms with Crippen molar-refractivity contribution in [3.05, 3.63) is 64.9 Å². The molecule has 2 aliphatic rings. The van der Waals surface area contributed by atoms with Gasteiger partial charge in [-0.2, -0.15) is 0 Å². The standard InChI is InChI=1S/C25H27N3O3/c1-16-7-12-21(17(2)15-16)22-23(27-13-5-4-6-14-27)25(31)28(24(22)30)20-10-8-19(9-11-20)26-18(3)29/h7-12,15H,4-6,13-14H2,1-3H3,(H,26,29). The first-order chi connectivity index (χ1) is 14.9. The van der Waals surface area contributed by atoms with Crippen LogP contribution in [0.2, 0.25) is 0 Å². The van der Waals surface area contributed by atoms with Gasteiger partial charge in [0.1, 0.15) is 5.70 Å². The number of nitrogens with one attached hydrogen (secondary N) is 1. The molecule has 0 saturated carbocycles. The van der Waals surface area contributed by atoms with Gasteiger partial charge in [0.05, 0.1) is 11.3 Å². The first-order valence-electron chi connectivity index (χ1n) is 10.7. The van der Waals surface area contributed by atoms with Crippen LogP contribution in [0, 0.1) is 13.8 Å². The van der Waals surface area contributed by atoms with Gasteiger partial charge in [-0.3, -0.25) is 14.4 Å². The first-order valence-corrected chi connectivity index (χ1v) is 10.7. The van der Waals surface area contributed by atoms with Crippen molar-refractivity contribution in [3.8, 4) is 0 Å². The van der Waals surface area contributed by atoms with Crippen LogP contribution in [0.3, 0.4) is 0 Å². The van der Waals surface area contributed by atoms with Gasteiger partial charge in [-0.15, -0.1) is 0 Å². The number of likely N-dealkylation sites (tertiary alicyclic amines) is 1. The van der Waals surface area contributed by atoms with Gasteiger partial charge in [0.25, 0.3) is 11.8 Å². The Bertz CT molecular complexity index is 1080. The Morgan fingerprint density at radius 2 is 1.58 bits per heavy atom. The minimum Gasteiger partial charge on any atom is -0.366 e. The number of carbonyl (C=O) groups is 3. The number of rotatable bonds is 4. The van der Waals surface area contributed by atoms with E-state index in [-0.39, 0.29) is 17.7 Å². The maximum Gasteiger partial charge on any atom is 0.282 e. The Morgan fingerprint density at radius 1 is 0.903 bits per heavy atom. The van der Waals surface area contributed by atoms with Gasteiger partial charge >= 0.3 is 0 Å². The van der Waals surface area contributed by atoms with E-state index in [0.29, 0.717) is 22.6 Å². The zero-order chi connectivity index (χ0) is 22.1. The van der Waals surface area contributed by atoms with Gasteiger partial charge in [0.15, 0.2) is 0 Å². The number of imide groups is 1. The van der Waals surface area contributed by atoms with Gasteiger partial charge in [-0.1, -0.05) is 23.8 Å². The van der Waals surface area contributed by atoms with E-state index in [0.717, 1.165) is 49.0 Å². The van der Waals surface area contributed by atoms with Gasteiger partial charge in [-0.05, 0) is 68.5 Å². The number of aryl methyl sites for hydroxylation is 2. The number of hydrogen-bond acceptors (Lipinski definition) is 4. The summed E-state index contributed by atoms with van der Waals surface area (Å²) in [6.45, 7) is 6.98. The molecule has 2 aliphatic heterocycles. The fourth-order valence-corrected chi connectivity index (χ4v) is 4.40. The predicted octanol–water partition coefficient (Wildman–Crippen LogP) is 4.03. The highest BCUT2D eigenvalue weighted by molar-refractivity contribution is 6.45. The molecule has 2 aromatic rings. The minimum atomic E-state index is -0.301. The van der Waals surface area contributed by atoms with E-state index in [1.54, 1.807) is 24.3 Å². The molecule has 31 heavy (non-hydrogen) atoms. The Hall–Kier alpha value is -3.41. The van der Waals surface area contributed by atoms with Gasteiger partial charge in [-0.25, -0.2) is 4.90 Å². The molecule has 0 radical (unpaired) electrons. The Balaban J connectivity index is 1.77. The van der Waals surface area contributed by atoms with Crippen LogP contribution in [0.5, 0.6) is 0 Å². The lowest BCUT2D eigenvalue weighted by Gasteiger charge is -2.29. The molecule has 1 fully saturated rings. The average Bonchev–Trinajstić information content (AvgIpc) is 2.99. The average molecular weight is 418 g/mol. The summed E-state index contributed by atoms with van der Waals surface area (Å²) in [6.07, 6.45) is 3.16. The topological polar surface area (TPSA) is 69.7 Å². The molecule has 6 heteroatoms. The third-order valence-corrected chi connectivity index (χ3v) is 5.83. The third-order valence-electron chi connectivity index (χ3n) is 5.83. The number of anilines is 2. The molecule has 0 bridgehead atoms. The van der Waals surface area contributed by atoms with E-state index < -0.39 is 0 Å². The van der Waals surface area contributed by atoms with Crippen molar-refractivity contribution in [2.45, 2.75) is 40.0 Å². The fraction of sp³-hybridized carbons (Fsp3) is 0.320. The van der Waals surface area contributed by atoms with Crippen molar-refractivity contribution >= 4 is 34.7 Å². The summed E-state index contributed by atoms with van der Waals surface area (Å²) in [6, 6.07) is 12.8. The highest BCUT2D eigenvalue weighted by atomic mass is 16.2. The Morgan fingerprint density at radius 3 is 2.19 bits per heavy atom. The molecule has 2 aromatic carbocycles. The van der Waals surface area contributed by atoms with Crippen LogP contribution in [0.1, 0.15) is 42.9 Å². The number of carbonyl (C=O) groups excluding carboxylic acids is 3. The van der Waals surface area contributed by atoms with Crippen molar-refractivity contribution in [3.63, 3.8) is 0 Å². The second-order valence-corrected chi connectivity index (χ2v) is 8.26. The minimum absolute atomic E-state index is 0.174. The molecule has 0 aromatic heterocycles. The van der Waals surface area contributed by atoms with E-state index >= 15 is 0 Å². The molecule has 2 heterocycles. The molecule has 0 spiro atoms. The summed E-state index contributed by atoms with van der Waals surface area (Å²) < 4.78 is 0. The van der Waals surface area contributed by atoms with Crippen LogP contribution in [-0.4, -0.2) is 35.7 Å². The van der Waals surface area contributed by atoms with Crippen LogP contribution in [0.15, 0.2) is 48.2 Å². The van der Waals surface area contributed by atoms with Crippen molar-refractivity contribution in [2.24, 2.45) is 0 Å². The monoisotopic (exact) mass is 417 g/mol. The first kappa shape index (κ1) is 20.8. The number of benzene rings is 2. The molecule has 6 nitrogen and oxygen atoms in total. The van der Waals surface area contributed by atoms with Gasteiger partial charge < -0.3 is 10.2 Å². The van der Waals surface area contributed by atoms with Crippen LogP contribution in [-0.2, 0) is 14.4 Å². The fourth-order valence-electron chi connectivity index (χ4n) is 4.40. The van der Waals surface area contributed by atoms with Crippen LogP contribution in [0.4, 0.5) is 11.4 Å². The molecule has 3 amide bonds. The molecule has 1 N–H and O–H groups in total. The Kier molecular flexibility index (Phi) is 5.63. The zero-order valence-corrected chi connectivity index (χ0v) is 18.2. The zero-order valence-electron chi connectivity index (χ0n) is 18.2. The van der Waals surface area contributed by atoms with E-state index in [2.05, 4.69) is 10.2 Å². The summed E-state index contributed by atoms with van der Waals surface area (Å²) in [7, 11) is 0. The number of piperidine rings is 1. The second-order valence-electron chi connectivity index (χ2n) is 8.26. The second kappa shape index (κ2) is 8.38. The largest absolute Gasteiger partial charge is 0.366 e. The maximum absolute atomic E-state index is 13.6. The molecule has 0 aliphatic carbocycles. The van der Waals surface area contributed by atoms with E-state index in [1.165, 1.54) is 11.8 Å². The lowest BCUT2D eigenvalue weighted by molar-refractivity contribution is -0.121. The molecule has 0 unspecified atom stereocenters. The predicted molar refractivity (Wildman–Crippen MR) is 121 cm³/mol. The van der Waals surface area contributed by atoms with Crippen molar-refractivity contribution in [1.82, 2.24) is 4.90 Å². The summed E-state index contributed by atoms with van der Waals surface area (Å²) >= 11 is 0. The number of hydrogen-bond donors (Lipinski definition) is 1.